The van der Waals surface area contributed by atoms with Crippen LogP contribution in [-0.2, 0) is 10.0 Å². The van der Waals surface area contributed by atoms with E-state index in [0.29, 0.717) is 17.2 Å². The number of sulfonamides is 1. The molecule has 0 radical (unpaired) electrons. The van der Waals surface area contributed by atoms with Crippen molar-refractivity contribution < 1.29 is 22.6 Å². The molecule has 0 fully saturated rings. The molecule has 0 bridgehead atoms. The first kappa shape index (κ1) is 19.5. The van der Waals surface area contributed by atoms with Gasteiger partial charge in [0.15, 0.2) is 0 Å². The zero-order valence-electron chi connectivity index (χ0n) is 14.0. The van der Waals surface area contributed by atoms with Gasteiger partial charge in [-0.05, 0) is 24.3 Å². The molecule has 0 saturated carbocycles. The Morgan fingerprint density at radius 3 is 2.08 bits per heavy atom. The molecule has 0 aliphatic carbocycles. The largest absolute Gasteiger partial charge is 0.497 e. The number of hydrogen-bond donors (Lipinski definition) is 0. The Kier molecular flexibility index (Phi) is 5.92. The summed E-state index contributed by atoms with van der Waals surface area (Å²) in [5.41, 5.74) is 0.325. The number of methoxy groups -OCH3 is 3. The van der Waals surface area contributed by atoms with Crippen molar-refractivity contribution in [2.75, 3.05) is 32.7 Å². The molecule has 6 nitrogen and oxygen atoms in total. The molecule has 0 aliphatic heterocycles. The number of halogens is 2. The molecule has 0 heterocycles. The van der Waals surface area contributed by atoms with Crippen LogP contribution in [0.4, 0.5) is 5.69 Å². The molecule has 136 valence electrons. The van der Waals surface area contributed by atoms with Crippen LogP contribution in [0.3, 0.4) is 0 Å². The van der Waals surface area contributed by atoms with E-state index in [2.05, 4.69) is 0 Å². The van der Waals surface area contributed by atoms with Gasteiger partial charge in [0.25, 0.3) is 10.0 Å². The minimum Gasteiger partial charge on any atom is -0.497 e. The molecule has 2 rings (SSSR count). The monoisotopic (exact) mass is 405 g/mol. The van der Waals surface area contributed by atoms with Crippen LogP contribution in [0.5, 0.6) is 17.2 Å². The van der Waals surface area contributed by atoms with Crippen LogP contribution in [0.25, 0.3) is 0 Å². The quantitative estimate of drug-likeness (QED) is 0.729. The Morgan fingerprint density at radius 1 is 0.880 bits per heavy atom. The van der Waals surface area contributed by atoms with Gasteiger partial charge in [-0.25, -0.2) is 8.42 Å². The summed E-state index contributed by atoms with van der Waals surface area (Å²) in [4.78, 5) is -0.139. The third-order valence-corrected chi connectivity index (χ3v) is 6.39. The zero-order valence-corrected chi connectivity index (χ0v) is 16.4. The molecule has 2 aromatic rings. The van der Waals surface area contributed by atoms with Crippen LogP contribution >= 0.6 is 23.2 Å². The van der Waals surface area contributed by atoms with E-state index in [1.165, 1.54) is 40.5 Å². The van der Waals surface area contributed by atoms with Crippen molar-refractivity contribution >= 4 is 38.9 Å². The first-order valence-electron chi connectivity index (χ1n) is 7.00. The van der Waals surface area contributed by atoms with E-state index in [4.69, 9.17) is 37.4 Å². The number of benzene rings is 2. The van der Waals surface area contributed by atoms with Crippen LogP contribution in [0.2, 0.25) is 10.0 Å². The van der Waals surface area contributed by atoms with Gasteiger partial charge in [0.1, 0.15) is 27.2 Å². The fourth-order valence-electron chi connectivity index (χ4n) is 2.19. The third kappa shape index (κ3) is 3.58. The van der Waals surface area contributed by atoms with Crippen molar-refractivity contribution in [1.82, 2.24) is 0 Å². The lowest BCUT2D eigenvalue weighted by Gasteiger charge is -2.23. The van der Waals surface area contributed by atoms with Crippen LogP contribution in [0, 0.1) is 0 Å². The van der Waals surface area contributed by atoms with E-state index in [0.717, 1.165) is 4.31 Å². The predicted octanol–water partition coefficient (Wildman–Crippen LogP) is 3.84. The lowest BCUT2D eigenvalue weighted by Crippen LogP contribution is -2.27. The molecule has 0 aromatic heterocycles. The summed E-state index contributed by atoms with van der Waals surface area (Å²) in [6, 6.07) is 7.58. The smallest absolute Gasteiger partial charge is 0.265 e. The van der Waals surface area contributed by atoms with Gasteiger partial charge in [0, 0.05) is 13.1 Å². The molecular formula is C16H17Cl2NO5S. The van der Waals surface area contributed by atoms with Gasteiger partial charge >= 0.3 is 0 Å². The highest BCUT2D eigenvalue weighted by Crippen LogP contribution is 2.40. The predicted molar refractivity (Wildman–Crippen MR) is 98.1 cm³/mol. The SMILES string of the molecule is COc1ccc(N(C)S(=O)(=O)c2ccc(OC)c(Cl)c2Cl)c(OC)c1. The Balaban J connectivity index is 2.56. The molecule has 0 amide bonds. The molecule has 0 unspecified atom stereocenters. The second kappa shape index (κ2) is 7.59. The van der Waals surface area contributed by atoms with Gasteiger partial charge in [-0.1, -0.05) is 23.2 Å². The van der Waals surface area contributed by atoms with Crippen molar-refractivity contribution in [2.24, 2.45) is 0 Å². The van der Waals surface area contributed by atoms with Crippen molar-refractivity contribution in [3.63, 3.8) is 0 Å². The summed E-state index contributed by atoms with van der Waals surface area (Å²) >= 11 is 12.2. The van der Waals surface area contributed by atoms with Crippen LogP contribution in [0.15, 0.2) is 35.2 Å². The van der Waals surface area contributed by atoms with Crippen molar-refractivity contribution in [2.45, 2.75) is 4.90 Å². The van der Waals surface area contributed by atoms with Gasteiger partial charge < -0.3 is 14.2 Å². The van der Waals surface area contributed by atoms with Crippen LogP contribution in [0.1, 0.15) is 0 Å². The highest BCUT2D eigenvalue weighted by Gasteiger charge is 2.28. The van der Waals surface area contributed by atoms with Gasteiger partial charge in [0.05, 0.1) is 32.0 Å². The third-order valence-electron chi connectivity index (χ3n) is 3.60. The van der Waals surface area contributed by atoms with E-state index >= 15 is 0 Å². The Bertz CT molecular complexity index is 886. The molecule has 0 N–H and O–H groups in total. The van der Waals surface area contributed by atoms with Gasteiger partial charge in [-0.15, -0.1) is 0 Å². The van der Waals surface area contributed by atoms with E-state index < -0.39 is 10.0 Å². The summed E-state index contributed by atoms with van der Waals surface area (Å²) in [5, 5.41) is -0.0827. The van der Waals surface area contributed by atoms with E-state index in [9.17, 15) is 8.42 Å². The molecule has 0 atom stereocenters. The van der Waals surface area contributed by atoms with Gasteiger partial charge in [-0.3, -0.25) is 4.31 Å². The summed E-state index contributed by atoms with van der Waals surface area (Å²) in [6.45, 7) is 0. The lowest BCUT2D eigenvalue weighted by atomic mass is 10.3. The number of anilines is 1. The maximum absolute atomic E-state index is 13.0. The Hall–Kier alpha value is -1.83. The zero-order chi connectivity index (χ0) is 18.8. The number of ether oxygens (including phenoxy) is 3. The first-order chi connectivity index (χ1) is 11.8. The first-order valence-corrected chi connectivity index (χ1v) is 9.20. The fourth-order valence-corrected chi connectivity index (χ4v) is 4.21. The van der Waals surface area contributed by atoms with Crippen molar-refractivity contribution in [1.29, 1.82) is 0 Å². The molecule has 25 heavy (non-hydrogen) atoms. The second-order valence-corrected chi connectivity index (χ2v) is 7.60. The number of hydrogen-bond acceptors (Lipinski definition) is 5. The molecule has 9 heteroatoms. The molecular weight excluding hydrogens is 389 g/mol. The standard InChI is InChI=1S/C16H17Cl2NO5S/c1-19(11-6-5-10(22-2)9-13(11)24-4)25(20,21)14-8-7-12(23-3)15(17)16(14)18/h5-9H,1-4H3. The summed E-state index contributed by atoms with van der Waals surface area (Å²) in [5.74, 6) is 1.16. The molecule has 0 spiro atoms. The van der Waals surface area contributed by atoms with Gasteiger partial charge in [0.2, 0.25) is 0 Å². The topological polar surface area (TPSA) is 65.1 Å². The van der Waals surface area contributed by atoms with E-state index in [-0.39, 0.29) is 20.7 Å². The van der Waals surface area contributed by atoms with Crippen molar-refractivity contribution in [3.05, 3.63) is 40.4 Å². The molecule has 0 saturated heterocycles. The summed E-state index contributed by atoms with van der Waals surface area (Å²) < 4.78 is 42.5. The second-order valence-electron chi connectivity index (χ2n) is 4.90. The highest BCUT2D eigenvalue weighted by atomic mass is 35.5. The van der Waals surface area contributed by atoms with Crippen molar-refractivity contribution in [3.8, 4) is 17.2 Å². The average Bonchev–Trinajstić information content (AvgIpc) is 2.62. The number of rotatable bonds is 6. The summed E-state index contributed by atoms with van der Waals surface area (Å²) in [6.07, 6.45) is 0. The normalized spacial score (nSPS) is 11.1. The lowest BCUT2D eigenvalue weighted by molar-refractivity contribution is 0.395. The minimum absolute atomic E-state index is 0.0281. The average molecular weight is 406 g/mol. The van der Waals surface area contributed by atoms with E-state index in [1.54, 1.807) is 18.2 Å². The maximum Gasteiger partial charge on any atom is 0.265 e. The van der Waals surface area contributed by atoms with Crippen LogP contribution < -0.4 is 18.5 Å². The Labute approximate surface area is 156 Å². The van der Waals surface area contributed by atoms with Crippen LogP contribution in [-0.4, -0.2) is 36.8 Å². The molecule has 0 aliphatic rings. The van der Waals surface area contributed by atoms with Gasteiger partial charge in [-0.2, -0.15) is 0 Å². The number of nitrogens with zero attached hydrogens (tertiary/aromatic N) is 1. The highest BCUT2D eigenvalue weighted by molar-refractivity contribution is 7.93. The minimum atomic E-state index is -3.98. The fraction of sp³-hybridized carbons (Fsp3) is 0.250. The Morgan fingerprint density at radius 2 is 1.52 bits per heavy atom. The molecule has 2 aromatic carbocycles. The maximum atomic E-state index is 13.0. The van der Waals surface area contributed by atoms with E-state index in [1.807, 2.05) is 0 Å². The summed E-state index contributed by atoms with van der Waals surface area (Å²) in [7, 11) is 1.78.